The zero-order chi connectivity index (χ0) is 17.2. The van der Waals surface area contributed by atoms with Crippen LogP contribution in [0.15, 0.2) is 24.3 Å². The lowest BCUT2D eigenvalue weighted by Crippen LogP contribution is -2.60. The number of piperidine rings is 1. The van der Waals surface area contributed by atoms with Crippen molar-refractivity contribution in [2.24, 2.45) is 5.41 Å². The summed E-state index contributed by atoms with van der Waals surface area (Å²) in [4.78, 5) is 26.9. The topological polar surface area (TPSA) is 58.6 Å². The molecule has 24 heavy (non-hydrogen) atoms. The third-order valence-corrected chi connectivity index (χ3v) is 5.70. The van der Waals surface area contributed by atoms with E-state index in [9.17, 15) is 9.59 Å². The van der Waals surface area contributed by atoms with Gasteiger partial charge in [-0.25, -0.2) is 0 Å². The first-order valence-corrected chi connectivity index (χ1v) is 8.74. The van der Waals surface area contributed by atoms with Gasteiger partial charge in [0.2, 0.25) is 11.8 Å². The lowest BCUT2D eigenvalue weighted by atomic mass is 9.64. The van der Waals surface area contributed by atoms with Crippen molar-refractivity contribution in [3.8, 4) is 5.75 Å². The van der Waals surface area contributed by atoms with Crippen molar-refractivity contribution in [1.29, 1.82) is 0 Å². The van der Waals surface area contributed by atoms with Crippen LogP contribution in [-0.4, -0.2) is 36.9 Å². The van der Waals surface area contributed by atoms with Crippen molar-refractivity contribution in [2.75, 3.05) is 14.2 Å². The van der Waals surface area contributed by atoms with E-state index < -0.39 is 5.41 Å². The van der Waals surface area contributed by atoms with Gasteiger partial charge in [-0.2, -0.15) is 0 Å². The molecule has 130 valence electrons. The minimum Gasteiger partial charge on any atom is -0.497 e. The molecule has 2 aliphatic rings. The highest BCUT2D eigenvalue weighted by atomic mass is 16.5. The monoisotopic (exact) mass is 330 g/mol. The highest BCUT2D eigenvalue weighted by Gasteiger charge is 2.52. The van der Waals surface area contributed by atoms with Gasteiger partial charge in [0, 0.05) is 26.1 Å². The summed E-state index contributed by atoms with van der Waals surface area (Å²) >= 11 is 0. The summed E-state index contributed by atoms with van der Waals surface area (Å²) in [5, 5.41) is 3.11. The maximum atomic E-state index is 13.0. The predicted molar refractivity (Wildman–Crippen MR) is 91.5 cm³/mol. The van der Waals surface area contributed by atoms with Crippen LogP contribution < -0.4 is 10.1 Å². The molecule has 3 rings (SSSR count). The Bertz CT molecular complexity index is 614. The summed E-state index contributed by atoms with van der Waals surface area (Å²) in [7, 11) is 3.49. The van der Waals surface area contributed by atoms with Crippen molar-refractivity contribution in [2.45, 2.75) is 51.1 Å². The molecule has 1 N–H and O–H groups in total. The van der Waals surface area contributed by atoms with Crippen LogP contribution in [-0.2, 0) is 16.1 Å². The third-order valence-electron chi connectivity index (χ3n) is 5.70. The van der Waals surface area contributed by atoms with Gasteiger partial charge in [0.15, 0.2) is 0 Å². The number of hydrogen-bond donors (Lipinski definition) is 1. The highest BCUT2D eigenvalue weighted by Crippen LogP contribution is 2.46. The van der Waals surface area contributed by atoms with Gasteiger partial charge in [0.25, 0.3) is 0 Å². The minimum atomic E-state index is -0.409. The van der Waals surface area contributed by atoms with Gasteiger partial charge < -0.3 is 15.0 Å². The molecule has 1 aromatic rings. The van der Waals surface area contributed by atoms with E-state index in [-0.39, 0.29) is 17.9 Å². The van der Waals surface area contributed by atoms with Gasteiger partial charge in [0.05, 0.1) is 12.5 Å². The third kappa shape index (κ3) is 2.99. The second-order valence-corrected chi connectivity index (χ2v) is 6.95. The van der Waals surface area contributed by atoms with Crippen LogP contribution in [0.1, 0.15) is 44.1 Å². The molecule has 2 atom stereocenters. The van der Waals surface area contributed by atoms with E-state index in [1.807, 2.05) is 36.2 Å². The molecule has 0 radical (unpaired) electrons. The van der Waals surface area contributed by atoms with E-state index in [0.717, 1.165) is 37.0 Å². The second kappa shape index (κ2) is 6.83. The first kappa shape index (κ1) is 16.8. The fourth-order valence-corrected chi connectivity index (χ4v) is 4.24. The molecule has 5 heteroatoms. The zero-order valence-electron chi connectivity index (χ0n) is 14.5. The van der Waals surface area contributed by atoms with Gasteiger partial charge in [-0.1, -0.05) is 25.0 Å². The van der Waals surface area contributed by atoms with Crippen molar-refractivity contribution in [3.63, 3.8) is 0 Å². The smallest absolute Gasteiger partial charge is 0.228 e. The Morgan fingerprint density at radius 1 is 1.29 bits per heavy atom. The van der Waals surface area contributed by atoms with Gasteiger partial charge >= 0.3 is 0 Å². The molecular formula is C19H26N2O3. The summed E-state index contributed by atoms with van der Waals surface area (Å²) in [6, 6.07) is 7.77. The molecule has 1 aromatic carbocycles. The molecule has 0 unspecified atom stereocenters. The zero-order valence-corrected chi connectivity index (χ0v) is 14.5. The van der Waals surface area contributed by atoms with Crippen LogP contribution in [0.2, 0.25) is 0 Å². The van der Waals surface area contributed by atoms with Crippen molar-refractivity contribution in [3.05, 3.63) is 29.8 Å². The van der Waals surface area contributed by atoms with Gasteiger partial charge in [0.1, 0.15) is 5.75 Å². The highest BCUT2D eigenvalue weighted by molar-refractivity contribution is 5.87. The quantitative estimate of drug-likeness (QED) is 0.923. The number of ether oxygens (including phenoxy) is 1. The lowest BCUT2D eigenvalue weighted by molar-refractivity contribution is -0.153. The number of nitrogens with one attached hydrogen (secondary N) is 1. The van der Waals surface area contributed by atoms with Crippen molar-refractivity contribution >= 4 is 11.8 Å². The van der Waals surface area contributed by atoms with Crippen LogP contribution in [0, 0.1) is 5.41 Å². The molecule has 0 aromatic heterocycles. The average Bonchev–Trinajstić information content (AvgIpc) is 2.63. The normalized spacial score (nSPS) is 26.7. The second-order valence-electron chi connectivity index (χ2n) is 6.95. The summed E-state index contributed by atoms with van der Waals surface area (Å²) in [5.41, 5.74) is 0.640. The average molecular weight is 330 g/mol. The van der Waals surface area contributed by atoms with Crippen molar-refractivity contribution < 1.29 is 14.3 Å². The Morgan fingerprint density at radius 2 is 2.04 bits per heavy atom. The Balaban J connectivity index is 1.70. The molecule has 1 aliphatic carbocycles. The van der Waals surface area contributed by atoms with E-state index in [4.69, 9.17) is 4.74 Å². The number of methoxy groups -OCH3 is 1. The molecule has 0 bridgehead atoms. The summed E-state index contributed by atoms with van der Waals surface area (Å²) in [6.45, 7) is 0.509. The summed E-state index contributed by atoms with van der Waals surface area (Å²) in [5.74, 6) is 1.08. The van der Waals surface area contributed by atoms with Gasteiger partial charge in [-0.05, 0) is 37.0 Å². The molecule has 2 fully saturated rings. The first-order valence-electron chi connectivity index (χ1n) is 8.74. The molecule has 1 saturated heterocycles. The standard InChI is InChI=1S/C19H26N2O3/c1-21-16-5-3-4-11-19(16,12-10-17(21)22)18(23)20-13-14-6-8-15(24-2)9-7-14/h6-9,16H,3-5,10-13H2,1-2H3,(H,20,23)/t16-,19-/m1/s1. The van der Waals surface area contributed by atoms with Gasteiger partial charge in [-0.15, -0.1) is 0 Å². The number of benzene rings is 1. The molecule has 5 nitrogen and oxygen atoms in total. The number of fused-ring (bicyclic) bond motifs is 1. The molecule has 1 heterocycles. The first-order chi connectivity index (χ1) is 11.6. The number of likely N-dealkylation sites (tertiary alicyclic amines) is 1. The maximum absolute atomic E-state index is 13.0. The van der Waals surface area contributed by atoms with Crippen LogP contribution in [0.4, 0.5) is 0 Å². The number of nitrogens with zero attached hydrogens (tertiary/aromatic N) is 1. The van der Waals surface area contributed by atoms with E-state index in [0.29, 0.717) is 19.4 Å². The lowest BCUT2D eigenvalue weighted by Gasteiger charge is -2.50. The Morgan fingerprint density at radius 3 is 2.75 bits per heavy atom. The maximum Gasteiger partial charge on any atom is 0.228 e. The molecule has 1 aliphatic heterocycles. The van der Waals surface area contributed by atoms with Crippen LogP contribution >= 0.6 is 0 Å². The largest absolute Gasteiger partial charge is 0.497 e. The summed E-state index contributed by atoms with van der Waals surface area (Å²) in [6.07, 6.45) is 5.12. The Hall–Kier alpha value is -2.04. The fraction of sp³-hybridized carbons (Fsp3) is 0.579. The molecular weight excluding hydrogens is 304 g/mol. The summed E-state index contributed by atoms with van der Waals surface area (Å²) < 4.78 is 5.16. The predicted octanol–water partition coefficient (Wildman–Crippen LogP) is 2.49. The minimum absolute atomic E-state index is 0.0448. The van der Waals surface area contributed by atoms with Crippen LogP contribution in [0.25, 0.3) is 0 Å². The van der Waals surface area contributed by atoms with E-state index in [1.165, 1.54) is 0 Å². The molecule has 1 saturated carbocycles. The number of rotatable bonds is 4. The van der Waals surface area contributed by atoms with Crippen LogP contribution in [0.3, 0.4) is 0 Å². The Kier molecular flexibility index (Phi) is 4.78. The number of amides is 2. The number of carbonyl (C=O) groups excluding carboxylic acids is 2. The van der Waals surface area contributed by atoms with E-state index in [1.54, 1.807) is 7.11 Å². The van der Waals surface area contributed by atoms with Crippen molar-refractivity contribution in [1.82, 2.24) is 10.2 Å². The molecule has 2 amide bonds. The number of hydrogen-bond acceptors (Lipinski definition) is 3. The SMILES string of the molecule is COc1ccc(CNC(=O)[C@@]23CCCC[C@H]2N(C)C(=O)CC3)cc1. The van der Waals surface area contributed by atoms with E-state index >= 15 is 0 Å². The molecule has 0 spiro atoms. The van der Waals surface area contributed by atoms with Gasteiger partial charge in [-0.3, -0.25) is 9.59 Å². The number of carbonyl (C=O) groups is 2. The van der Waals surface area contributed by atoms with Crippen LogP contribution in [0.5, 0.6) is 5.75 Å². The van der Waals surface area contributed by atoms with E-state index in [2.05, 4.69) is 5.32 Å². The Labute approximate surface area is 143 Å². The fourth-order valence-electron chi connectivity index (χ4n) is 4.24.